The second kappa shape index (κ2) is 4.94. The zero-order valence-corrected chi connectivity index (χ0v) is 11.2. The molecular formula is C13H24N2O2. The standard InChI is InChI=1S/C13H24N2O2/c1-10-5-8-15(9-11(10)17-3)12(16)13(2)6-4-7-14-13/h10-11,14H,4-9H2,1-3H3. The average molecular weight is 240 g/mol. The van der Waals surface area contributed by atoms with Crippen LogP contribution in [0, 0.1) is 5.92 Å². The molecule has 2 fully saturated rings. The second-order valence-corrected chi connectivity index (χ2v) is 5.65. The number of hydrogen-bond donors (Lipinski definition) is 1. The number of carbonyl (C=O) groups is 1. The molecule has 2 aliphatic rings. The van der Waals surface area contributed by atoms with Crippen LogP contribution in [0.2, 0.25) is 0 Å². The zero-order chi connectivity index (χ0) is 12.5. The molecule has 0 aromatic heterocycles. The van der Waals surface area contributed by atoms with Crippen LogP contribution in [-0.2, 0) is 9.53 Å². The molecule has 98 valence electrons. The van der Waals surface area contributed by atoms with Gasteiger partial charge in [-0.25, -0.2) is 0 Å². The lowest BCUT2D eigenvalue weighted by atomic mass is 9.92. The minimum absolute atomic E-state index is 0.192. The molecule has 2 saturated heterocycles. The van der Waals surface area contributed by atoms with Crippen LogP contribution in [0.25, 0.3) is 0 Å². The van der Waals surface area contributed by atoms with Crippen molar-refractivity contribution in [2.45, 2.75) is 44.8 Å². The van der Waals surface area contributed by atoms with Crippen molar-refractivity contribution in [3.63, 3.8) is 0 Å². The molecule has 0 spiro atoms. The molecule has 2 heterocycles. The molecule has 17 heavy (non-hydrogen) atoms. The summed E-state index contributed by atoms with van der Waals surface area (Å²) in [5.74, 6) is 0.803. The average Bonchev–Trinajstić information content (AvgIpc) is 2.77. The maximum absolute atomic E-state index is 12.5. The van der Waals surface area contributed by atoms with Gasteiger partial charge in [-0.3, -0.25) is 4.79 Å². The van der Waals surface area contributed by atoms with E-state index in [4.69, 9.17) is 4.74 Å². The van der Waals surface area contributed by atoms with E-state index < -0.39 is 0 Å². The fourth-order valence-electron chi connectivity index (χ4n) is 2.95. The number of methoxy groups -OCH3 is 1. The highest BCUT2D eigenvalue weighted by Crippen LogP contribution is 2.25. The number of hydrogen-bond acceptors (Lipinski definition) is 3. The molecule has 0 aromatic carbocycles. The maximum atomic E-state index is 12.5. The van der Waals surface area contributed by atoms with Crippen LogP contribution in [0.4, 0.5) is 0 Å². The van der Waals surface area contributed by atoms with Crippen LogP contribution in [0.15, 0.2) is 0 Å². The van der Waals surface area contributed by atoms with Crippen molar-refractivity contribution in [1.29, 1.82) is 0 Å². The lowest BCUT2D eigenvalue weighted by Crippen LogP contribution is -2.57. The predicted molar refractivity (Wildman–Crippen MR) is 66.8 cm³/mol. The Balaban J connectivity index is 2.00. The van der Waals surface area contributed by atoms with Gasteiger partial charge in [0.15, 0.2) is 0 Å². The summed E-state index contributed by atoms with van der Waals surface area (Å²) in [6.07, 6.45) is 3.29. The third-order valence-electron chi connectivity index (χ3n) is 4.32. The summed E-state index contributed by atoms with van der Waals surface area (Å²) >= 11 is 0. The van der Waals surface area contributed by atoms with E-state index in [0.29, 0.717) is 5.92 Å². The van der Waals surface area contributed by atoms with E-state index in [9.17, 15) is 4.79 Å². The van der Waals surface area contributed by atoms with Crippen LogP contribution in [0.3, 0.4) is 0 Å². The summed E-state index contributed by atoms with van der Waals surface area (Å²) in [5.41, 5.74) is -0.334. The first kappa shape index (κ1) is 12.8. The van der Waals surface area contributed by atoms with Crippen molar-refractivity contribution in [2.24, 2.45) is 5.92 Å². The Bertz CT molecular complexity index is 287. The van der Waals surface area contributed by atoms with Gasteiger partial charge in [-0.1, -0.05) is 6.92 Å². The first-order valence-electron chi connectivity index (χ1n) is 6.64. The Labute approximate surface area is 104 Å². The number of amides is 1. The van der Waals surface area contributed by atoms with Gasteiger partial charge in [0, 0.05) is 20.2 Å². The van der Waals surface area contributed by atoms with Gasteiger partial charge in [0.25, 0.3) is 0 Å². The number of rotatable bonds is 2. The van der Waals surface area contributed by atoms with Crippen molar-refractivity contribution >= 4 is 5.91 Å². The number of likely N-dealkylation sites (tertiary alicyclic amines) is 1. The molecule has 2 aliphatic heterocycles. The number of nitrogens with zero attached hydrogens (tertiary/aromatic N) is 1. The lowest BCUT2D eigenvalue weighted by Gasteiger charge is -2.39. The third-order valence-corrected chi connectivity index (χ3v) is 4.32. The molecule has 0 aromatic rings. The highest BCUT2D eigenvalue weighted by atomic mass is 16.5. The van der Waals surface area contributed by atoms with E-state index in [1.165, 1.54) is 0 Å². The number of carbonyl (C=O) groups excluding carboxylic acids is 1. The summed E-state index contributed by atoms with van der Waals surface area (Å²) in [5, 5.41) is 3.34. The van der Waals surface area contributed by atoms with E-state index in [-0.39, 0.29) is 17.6 Å². The Hall–Kier alpha value is -0.610. The first-order chi connectivity index (χ1) is 8.07. The topological polar surface area (TPSA) is 41.6 Å². The summed E-state index contributed by atoms with van der Waals surface area (Å²) in [4.78, 5) is 14.5. The number of nitrogens with one attached hydrogen (secondary N) is 1. The largest absolute Gasteiger partial charge is 0.379 e. The predicted octanol–water partition coefficient (Wildman–Crippen LogP) is 1.01. The lowest BCUT2D eigenvalue weighted by molar-refractivity contribution is -0.142. The molecule has 0 saturated carbocycles. The molecule has 0 bridgehead atoms. The van der Waals surface area contributed by atoms with E-state index in [1.807, 2.05) is 11.8 Å². The molecule has 3 atom stereocenters. The fourth-order valence-corrected chi connectivity index (χ4v) is 2.95. The SMILES string of the molecule is COC1CN(C(=O)C2(C)CCCN2)CCC1C. The molecule has 1 amide bonds. The Morgan fingerprint density at radius 3 is 2.88 bits per heavy atom. The van der Waals surface area contributed by atoms with Gasteiger partial charge < -0.3 is 15.0 Å². The molecular weight excluding hydrogens is 216 g/mol. The molecule has 4 nitrogen and oxygen atoms in total. The molecule has 2 rings (SSSR count). The van der Waals surface area contributed by atoms with Crippen molar-refractivity contribution in [2.75, 3.05) is 26.7 Å². The van der Waals surface area contributed by atoms with Gasteiger partial charge in [-0.2, -0.15) is 0 Å². The van der Waals surface area contributed by atoms with E-state index in [0.717, 1.165) is 38.9 Å². The van der Waals surface area contributed by atoms with Crippen LogP contribution >= 0.6 is 0 Å². The van der Waals surface area contributed by atoms with Crippen LogP contribution in [0.5, 0.6) is 0 Å². The van der Waals surface area contributed by atoms with Crippen molar-refractivity contribution < 1.29 is 9.53 Å². The molecule has 4 heteroatoms. The van der Waals surface area contributed by atoms with E-state index >= 15 is 0 Å². The van der Waals surface area contributed by atoms with E-state index in [1.54, 1.807) is 7.11 Å². The summed E-state index contributed by atoms with van der Waals surface area (Å²) in [6.45, 7) is 6.80. The second-order valence-electron chi connectivity index (χ2n) is 5.65. The van der Waals surface area contributed by atoms with Gasteiger partial charge in [0.2, 0.25) is 5.91 Å². The molecule has 3 unspecified atom stereocenters. The number of ether oxygens (including phenoxy) is 1. The Kier molecular flexibility index (Phi) is 3.73. The van der Waals surface area contributed by atoms with Crippen LogP contribution in [0.1, 0.15) is 33.1 Å². The smallest absolute Gasteiger partial charge is 0.242 e. The molecule has 0 aliphatic carbocycles. The van der Waals surface area contributed by atoms with Crippen molar-refractivity contribution in [1.82, 2.24) is 10.2 Å². The minimum atomic E-state index is -0.334. The minimum Gasteiger partial charge on any atom is -0.379 e. The van der Waals surface area contributed by atoms with Crippen molar-refractivity contribution in [3.8, 4) is 0 Å². The van der Waals surface area contributed by atoms with Gasteiger partial charge in [0.05, 0.1) is 11.6 Å². The monoisotopic (exact) mass is 240 g/mol. The Morgan fingerprint density at radius 1 is 1.53 bits per heavy atom. The van der Waals surface area contributed by atoms with Crippen LogP contribution < -0.4 is 5.32 Å². The zero-order valence-electron chi connectivity index (χ0n) is 11.2. The molecule has 1 N–H and O–H groups in total. The van der Waals surface area contributed by atoms with Crippen LogP contribution in [-0.4, -0.2) is 49.2 Å². The summed E-state index contributed by atoms with van der Waals surface area (Å²) in [6, 6.07) is 0. The van der Waals surface area contributed by atoms with E-state index in [2.05, 4.69) is 12.2 Å². The molecule has 0 radical (unpaired) electrons. The first-order valence-corrected chi connectivity index (χ1v) is 6.64. The van der Waals surface area contributed by atoms with Gasteiger partial charge in [-0.05, 0) is 38.6 Å². The van der Waals surface area contributed by atoms with Gasteiger partial charge in [-0.15, -0.1) is 0 Å². The third kappa shape index (κ3) is 2.47. The number of piperidine rings is 1. The van der Waals surface area contributed by atoms with Crippen molar-refractivity contribution in [3.05, 3.63) is 0 Å². The highest BCUT2D eigenvalue weighted by molar-refractivity contribution is 5.86. The van der Waals surface area contributed by atoms with Gasteiger partial charge >= 0.3 is 0 Å². The normalized spacial score (nSPS) is 38.4. The fraction of sp³-hybridized carbons (Fsp3) is 0.923. The quantitative estimate of drug-likeness (QED) is 0.783. The van der Waals surface area contributed by atoms with Gasteiger partial charge in [0.1, 0.15) is 0 Å². The summed E-state index contributed by atoms with van der Waals surface area (Å²) < 4.78 is 5.47. The maximum Gasteiger partial charge on any atom is 0.242 e. The Morgan fingerprint density at radius 2 is 2.29 bits per heavy atom. The highest BCUT2D eigenvalue weighted by Gasteiger charge is 2.41. The summed E-state index contributed by atoms with van der Waals surface area (Å²) in [7, 11) is 1.74.